The predicted octanol–water partition coefficient (Wildman–Crippen LogP) is 0.0355. The average Bonchev–Trinajstić information content (AvgIpc) is 2.86. The van der Waals surface area contributed by atoms with Crippen LogP contribution in [0.15, 0.2) is 18.2 Å². The predicted molar refractivity (Wildman–Crippen MR) is 80.1 cm³/mol. The molecule has 0 saturated carbocycles. The van der Waals surface area contributed by atoms with Crippen molar-refractivity contribution in [2.24, 2.45) is 11.7 Å². The maximum atomic E-state index is 12.0. The lowest BCUT2D eigenvalue weighted by atomic mass is 10.0. The normalized spacial score (nSPS) is 20.4. The van der Waals surface area contributed by atoms with Crippen molar-refractivity contribution in [2.75, 3.05) is 26.7 Å². The highest BCUT2D eigenvalue weighted by molar-refractivity contribution is 5.81. The molecule has 0 aliphatic carbocycles. The molecule has 1 heterocycles. The van der Waals surface area contributed by atoms with Gasteiger partial charge in [-0.2, -0.15) is 0 Å². The summed E-state index contributed by atoms with van der Waals surface area (Å²) >= 11 is 0. The van der Waals surface area contributed by atoms with Crippen molar-refractivity contribution in [1.29, 1.82) is 0 Å². The van der Waals surface area contributed by atoms with Crippen LogP contribution in [0.1, 0.15) is 12.0 Å². The van der Waals surface area contributed by atoms with Gasteiger partial charge in [0.25, 0.3) is 0 Å². The fraction of sp³-hybridized carbons (Fsp3) is 0.533. The third kappa shape index (κ3) is 4.34. The van der Waals surface area contributed by atoms with E-state index in [1.807, 2.05) is 0 Å². The first-order valence-corrected chi connectivity index (χ1v) is 7.18. The second kappa shape index (κ2) is 6.78. The number of amides is 1. The number of hydrogen-bond acceptors (Lipinski definition) is 5. The molecule has 6 heteroatoms. The van der Waals surface area contributed by atoms with Crippen molar-refractivity contribution >= 4 is 5.91 Å². The van der Waals surface area contributed by atoms with Gasteiger partial charge in [-0.25, -0.2) is 0 Å². The van der Waals surface area contributed by atoms with Crippen molar-refractivity contribution in [3.63, 3.8) is 0 Å². The van der Waals surface area contributed by atoms with Crippen LogP contribution < -0.4 is 11.1 Å². The standard InChI is InChI=1S/C15H23N3O3/c1-18-5-4-11(9-18)8-17-15(21)12(16)6-10-2-3-13(19)14(20)7-10/h2-3,7,11-12,19-20H,4-6,8-9,16H2,1H3,(H,17,21)/t11?,12-/m0/s1. The molecule has 6 nitrogen and oxygen atoms in total. The number of phenols is 2. The molecule has 1 amide bonds. The van der Waals surface area contributed by atoms with E-state index < -0.39 is 6.04 Å². The Bertz CT molecular complexity index is 507. The lowest BCUT2D eigenvalue weighted by molar-refractivity contribution is -0.122. The molecule has 0 radical (unpaired) electrons. The van der Waals surface area contributed by atoms with Crippen LogP contribution in [0.3, 0.4) is 0 Å². The van der Waals surface area contributed by atoms with Crippen LogP contribution in [-0.2, 0) is 11.2 Å². The Morgan fingerprint density at radius 3 is 2.86 bits per heavy atom. The number of aromatic hydroxyl groups is 2. The summed E-state index contributed by atoms with van der Waals surface area (Å²) in [4.78, 5) is 14.2. The van der Waals surface area contributed by atoms with Gasteiger partial charge >= 0.3 is 0 Å². The number of benzene rings is 1. The van der Waals surface area contributed by atoms with E-state index in [1.54, 1.807) is 6.07 Å². The first kappa shape index (κ1) is 15.6. The minimum atomic E-state index is -0.659. The monoisotopic (exact) mass is 293 g/mol. The van der Waals surface area contributed by atoms with Crippen LogP contribution in [0.4, 0.5) is 0 Å². The summed E-state index contributed by atoms with van der Waals surface area (Å²) in [5.41, 5.74) is 6.60. The Hall–Kier alpha value is -1.79. The second-order valence-electron chi connectivity index (χ2n) is 5.80. The van der Waals surface area contributed by atoms with Gasteiger partial charge in [0.1, 0.15) is 0 Å². The quantitative estimate of drug-likeness (QED) is 0.574. The maximum Gasteiger partial charge on any atom is 0.237 e. The summed E-state index contributed by atoms with van der Waals surface area (Å²) in [7, 11) is 2.07. The zero-order valence-corrected chi connectivity index (χ0v) is 12.2. The van der Waals surface area contributed by atoms with Gasteiger partial charge in [-0.3, -0.25) is 4.79 Å². The molecular formula is C15H23N3O3. The Labute approximate surface area is 124 Å². The number of carbonyl (C=O) groups excluding carboxylic acids is 1. The van der Waals surface area contributed by atoms with Crippen molar-refractivity contribution in [3.8, 4) is 11.5 Å². The van der Waals surface area contributed by atoms with E-state index in [-0.39, 0.29) is 17.4 Å². The molecule has 1 fully saturated rings. The lowest BCUT2D eigenvalue weighted by Gasteiger charge is -2.15. The molecule has 1 unspecified atom stereocenters. The molecule has 1 aromatic rings. The molecule has 1 aliphatic heterocycles. The molecule has 2 rings (SSSR count). The summed E-state index contributed by atoms with van der Waals surface area (Å²) in [6.07, 6.45) is 1.42. The summed E-state index contributed by atoms with van der Waals surface area (Å²) in [6, 6.07) is 3.81. The first-order chi connectivity index (χ1) is 9.95. The molecule has 21 heavy (non-hydrogen) atoms. The number of rotatable bonds is 5. The number of hydrogen-bond donors (Lipinski definition) is 4. The zero-order chi connectivity index (χ0) is 15.4. The van der Waals surface area contributed by atoms with E-state index in [2.05, 4.69) is 17.3 Å². The Morgan fingerprint density at radius 1 is 1.48 bits per heavy atom. The van der Waals surface area contributed by atoms with Crippen LogP contribution in [0.25, 0.3) is 0 Å². The SMILES string of the molecule is CN1CCC(CNC(=O)[C@@H](N)Cc2ccc(O)c(O)c2)C1. The number of nitrogens with one attached hydrogen (secondary N) is 1. The van der Waals surface area contributed by atoms with Crippen molar-refractivity contribution < 1.29 is 15.0 Å². The maximum absolute atomic E-state index is 12.0. The Kier molecular flexibility index (Phi) is 5.03. The van der Waals surface area contributed by atoms with Crippen molar-refractivity contribution in [1.82, 2.24) is 10.2 Å². The van der Waals surface area contributed by atoms with Gasteiger partial charge < -0.3 is 26.2 Å². The molecular weight excluding hydrogens is 270 g/mol. The average molecular weight is 293 g/mol. The largest absolute Gasteiger partial charge is 0.504 e. The van der Waals surface area contributed by atoms with Gasteiger partial charge in [0, 0.05) is 13.1 Å². The highest BCUT2D eigenvalue weighted by Gasteiger charge is 2.21. The molecule has 5 N–H and O–H groups in total. The topological polar surface area (TPSA) is 98.8 Å². The summed E-state index contributed by atoms with van der Waals surface area (Å²) < 4.78 is 0. The van der Waals surface area contributed by atoms with E-state index in [0.717, 1.165) is 19.5 Å². The van der Waals surface area contributed by atoms with E-state index in [0.29, 0.717) is 24.4 Å². The molecule has 0 aromatic heterocycles. The number of nitrogens with zero attached hydrogens (tertiary/aromatic N) is 1. The fourth-order valence-electron chi connectivity index (χ4n) is 2.61. The summed E-state index contributed by atoms with van der Waals surface area (Å²) in [6.45, 7) is 2.72. The molecule has 1 aromatic carbocycles. The molecule has 1 aliphatic rings. The molecule has 0 bridgehead atoms. The minimum Gasteiger partial charge on any atom is -0.504 e. The third-order valence-electron chi connectivity index (χ3n) is 3.89. The van der Waals surface area contributed by atoms with Gasteiger partial charge in [0.15, 0.2) is 11.5 Å². The van der Waals surface area contributed by atoms with Gasteiger partial charge in [0.05, 0.1) is 6.04 Å². The minimum absolute atomic E-state index is 0.179. The molecule has 116 valence electrons. The number of likely N-dealkylation sites (tertiary alicyclic amines) is 1. The number of phenolic OH excluding ortho intramolecular Hbond substituents is 2. The number of carbonyl (C=O) groups is 1. The van der Waals surface area contributed by atoms with E-state index in [4.69, 9.17) is 5.73 Å². The number of nitrogens with two attached hydrogens (primary N) is 1. The van der Waals surface area contributed by atoms with Gasteiger partial charge in [-0.05, 0) is 50.0 Å². The summed E-state index contributed by atoms with van der Waals surface area (Å²) in [5, 5.41) is 21.6. The van der Waals surface area contributed by atoms with Crippen LogP contribution in [0.5, 0.6) is 11.5 Å². The molecule has 1 saturated heterocycles. The second-order valence-corrected chi connectivity index (χ2v) is 5.80. The third-order valence-corrected chi connectivity index (χ3v) is 3.89. The Balaban J connectivity index is 1.80. The summed E-state index contributed by atoms with van der Waals surface area (Å²) in [5.74, 6) is -0.0720. The molecule has 2 atom stereocenters. The first-order valence-electron chi connectivity index (χ1n) is 7.18. The zero-order valence-electron chi connectivity index (χ0n) is 12.2. The van der Waals surface area contributed by atoms with E-state index in [1.165, 1.54) is 12.1 Å². The van der Waals surface area contributed by atoms with Crippen LogP contribution in [-0.4, -0.2) is 53.7 Å². The molecule has 0 spiro atoms. The van der Waals surface area contributed by atoms with Gasteiger partial charge in [0.2, 0.25) is 5.91 Å². The smallest absolute Gasteiger partial charge is 0.237 e. The fourth-order valence-corrected chi connectivity index (χ4v) is 2.61. The van der Waals surface area contributed by atoms with Crippen LogP contribution >= 0.6 is 0 Å². The lowest BCUT2D eigenvalue weighted by Crippen LogP contribution is -2.43. The van der Waals surface area contributed by atoms with Gasteiger partial charge in [-0.15, -0.1) is 0 Å². The highest BCUT2D eigenvalue weighted by Crippen LogP contribution is 2.25. The van der Waals surface area contributed by atoms with Crippen LogP contribution in [0.2, 0.25) is 0 Å². The van der Waals surface area contributed by atoms with Crippen LogP contribution in [0, 0.1) is 5.92 Å². The van der Waals surface area contributed by atoms with Crippen molar-refractivity contribution in [3.05, 3.63) is 23.8 Å². The highest BCUT2D eigenvalue weighted by atomic mass is 16.3. The Morgan fingerprint density at radius 2 is 2.24 bits per heavy atom. The van der Waals surface area contributed by atoms with Gasteiger partial charge in [-0.1, -0.05) is 6.07 Å². The van der Waals surface area contributed by atoms with E-state index >= 15 is 0 Å². The van der Waals surface area contributed by atoms with E-state index in [9.17, 15) is 15.0 Å². The van der Waals surface area contributed by atoms with Crippen molar-refractivity contribution in [2.45, 2.75) is 18.9 Å².